The van der Waals surface area contributed by atoms with Crippen molar-refractivity contribution in [1.29, 1.82) is 0 Å². The van der Waals surface area contributed by atoms with E-state index in [0.29, 0.717) is 11.1 Å². The number of ketones is 2. The molecule has 0 spiro atoms. The molecule has 5 N–H and O–H groups in total. The number of phenols is 2. The third kappa shape index (κ3) is 7.65. The van der Waals surface area contributed by atoms with E-state index in [2.05, 4.69) is 0 Å². The summed E-state index contributed by atoms with van der Waals surface area (Å²) in [6.07, 6.45) is -0.406. The third-order valence-corrected chi connectivity index (χ3v) is 5.78. The predicted molar refractivity (Wildman–Crippen MR) is 134 cm³/mol. The molecule has 0 aromatic heterocycles. The Morgan fingerprint density at radius 3 is 1.85 bits per heavy atom. The van der Waals surface area contributed by atoms with E-state index in [1.54, 1.807) is 0 Å². The van der Waals surface area contributed by atoms with Gasteiger partial charge in [0.1, 0.15) is 12.2 Å². The van der Waals surface area contributed by atoms with Crippen molar-refractivity contribution < 1.29 is 59.5 Å². The normalized spacial score (nSPS) is 23.1. The molecule has 0 heterocycles. The predicted octanol–water partition coefficient (Wildman–Crippen LogP) is 2.33. The molecule has 0 aliphatic heterocycles. The van der Waals surface area contributed by atoms with E-state index in [9.17, 15) is 39.9 Å². The van der Waals surface area contributed by atoms with E-state index in [1.165, 1.54) is 74.5 Å². The highest BCUT2D eigenvalue weighted by atomic mass is 17.2. The van der Waals surface area contributed by atoms with Crippen LogP contribution in [0, 0.1) is 0 Å². The zero-order chi connectivity index (χ0) is 28.7. The molecule has 2 aromatic carbocycles. The number of aromatic hydroxyl groups is 2. The number of aliphatic hydroxyl groups is 2. The minimum Gasteiger partial charge on any atom is -0.504 e. The first kappa shape index (κ1) is 29.3. The van der Waals surface area contributed by atoms with E-state index >= 15 is 0 Å². The molecule has 12 heteroatoms. The van der Waals surface area contributed by atoms with E-state index in [4.69, 9.17) is 19.6 Å². The highest BCUT2D eigenvalue weighted by Crippen LogP contribution is 2.38. The van der Waals surface area contributed by atoms with Crippen LogP contribution < -0.4 is 9.78 Å². The lowest BCUT2D eigenvalue weighted by molar-refractivity contribution is -0.343. The molecule has 12 nitrogen and oxygen atoms in total. The summed E-state index contributed by atoms with van der Waals surface area (Å²) >= 11 is 0. The van der Waals surface area contributed by atoms with Gasteiger partial charge >= 0.3 is 5.97 Å². The van der Waals surface area contributed by atoms with Gasteiger partial charge in [-0.3, -0.25) is 9.59 Å². The Morgan fingerprint density at radius 2 is 1.36 bits per heavy atom. The fourth-order valence-electron chi connectivity index (χ4n) is 3.67. The van der Waals surface area contributed by atoms with Gasteiger partial charge in [0.25, 0.3) is 0 Å². The van der Waals surface area contributed by atoms with Crippen LogP contribution in [0.25, 0.3) is 12.2 Å². The molecule has 2 aromatic rings. The molecule has 4 unspecified atom stereocenters. The molecule has 39 heavy (non-hydrogen) atoms. The Hall–Kier alpha value is -4.23. The number of benzene rings is 2. The van der Waals surface area contributed by atoms with Crippen LogP contribution >= 0.6 is 0 Å². The summed E-state index contributed by atoms with van der Waals surface area (Å²) in [7, 11) is 0. The van der Waals surface area contributed by atoms with Crippen molar-refractivity contribution in [3.63, 3.8) is 0 Å². The number of allylic oxidation sites excluding steroid dienone is 2. The van der Waals surface area contributed by atoms with Gasteiger partial charge in [-0.2, -0.15) is 9.78 Å². The summed E-state index contributed by atoms with van der Waals surface area (Å²) in [4.78, 5) is 55.4. The molecule has 0 saturated heterocycles. The van der Waals surface area contributed by atoms with Gasteiger partial charge in [0, 0.05) is 12.8 Å². The minimum atomic E-state index is -2.25. The SMILES string of the molecule is CC(=O)C=Cc1ccc(O)c(OOC2CC(OOc3cc(C=CC(C)=O)ccc3O)(C(=O)O)CC(O)C2O)c1. The Bertz CT molecular complexity index is 1280. The molecule has 1 saturated carbocycles. The standard InChI is InChI=1S/C27H28O12/c1-15(28)3-5-17-7-9-19(30)22(11-17)36-37-24-14-27(26(34)35,13-21(32)25(24)33)39-38-23-12-18(6-4-16(2)29)8-10-20(23)31/h3-12,21,24-25,30-33H,13-14H2,1-2H3,(H,34,35). The van der Waals surface area contributed by atoms with Crippen molar-refractivity contribution in [3.05, 3.63) is 59.7 Å². The van der Waals surface area contributed by atoms with Crippen LogP contribution in [0.1, 0.15) is 37.8 Å². The largest absolute Gasteiger partial charge is 0.504 e. The number of aliphatic carboxylic acids is 1. The van der Waals surface area contributed by atoms with Gasteiger partial charge in [-0.05, 0) is 61.4 Å². The number of hydrogen-bond donors (Lipinski definition) is 5. The summed E-state index contributed by atoms with van der Waals surface area (Å²) in [5, 5.41) is 51.0. The van der Waals surface area contributed by atoms with Crippen LogP contribution in [-0.2, 0) is 24.2 Å². The lowest BCUT2D eigenvalue weighted by atomic mass is 9.79. The van der Waals surface area contributed by atoms with Gasteiger partial charge in [0.2, 0.25) is 17.1 Å². The topological polar surface area (TPSA) is 189 Å². The van der Waals surface area contributed by atoms with Crippen LogP contribution in [0.2, 0.25) is 0 Å². The van der Waals surface area contributed by atoms with E-state index < -0.39 is 48.5 Å². The highest BCUT2D eigenvalue weighted by molar-refractivity contribution is 5.92. The van der Waals surface area contributed by atoms with Gasteiger partial charge in [0.15, 0.2) is 23.1 Å². The zero-order valence-corrected chi connectivity index (χ0v) is 21.0. The van der Waals surface area contributed by atoms with Crippen LogP contribution in [0.3, 0.4) is 0 Å². The summed E-state index contributed by atoms with van der Waals surface area (Å²) in [5.41, 5.74) is -1.33. The van der Waals surface area contributed by atoms with Crippen molar-refractivity contribution in [2.45, 2.75) is 50.6 Å². The van der Waals surface area contributed by atoms with Crippen molar-refractivity contribution in [3.8, 4) is 23.0 Å². The van der Waals surface area contributed by atoms with E-state index in [-0.39, 0.29) is 28.8 Å². The highest BCUT2D eigenvalue weighted by Gasteiger charge is 2.54. The molecule has 208 valence electrons. The van der Waals surface area contributed by atoms with Crippen molar-refractivity contribution in [2.24, 2.45) is 0 Å². The van der Waals surface area contributed by atoms with Gasteiger partial charge in [-0.1, -0.05) is 24.3 Å². The van der Waals surface area contributed by atoms with Gasteiger partial charge in [-0.25, -0.2) is 4.79 Å². The Kier molecular flexibility index (Phi) is 9.43. The molecule has 3 rings (SSSR count). The maximum atomic E-state index is 12.2. The molecule has 4 atom stereocenters. The Balaban J connectivity index is 1.78. The number of carboxylic acid groups (broad SMARTS) is 1. The first-order valence-electron chi connectivity index (χ1n) is 11.7. The first-order valence-corrected chi connectivity index (χ1v) is 11.7. The van der Waals surface area contributed by atoms with Gasteiger partial charge < -0.3 is 35.3 Å². The molecule has 0 bridgehead atoms. The molecule has 1 aliphatic rings. The minimum absolute atomic E-state index is 0.202. The van der Waals surface area contributed by atoms with Crippen LogP contribution in [0.4, 0.5) is 0 Å². The maximum absolute atomic E-state index is 12.2. The van der Waals surface area contributed by atoms with E-state index in [0.717, 1.165) is 0 Å². The quantitative estimate of drug-likeness (QED) is 0.158. The van der Waals surface area contributed by atoms with Crippen molar-refractivity contribution >= 4 is 29.7 Å². The molecule has 0 radical (unpaired) electrons. The third-order valence-electron chi connectivity index (χ3n) is 5.78. The Labute approximate surface area is 222 Å². The summed E-state index contributed by atoms with van der Waals surface area (Å²) in [6.45, 7) is 2.71. The summed E-state index contributed by atoms with van der Waals surface area (Å²) in [5.74, 6) is -3.20. The summed E-state index contributed by atoms with van der Waals surface area (Å²) < 4.78 is 0. The van der Waals surface area contributed by atoms with Crippen molar-refractivity contribution in [1.82, 2.24) is 0 Å². The lowest BCUT2D eigenvalue weighted by Crippen LogP contribution is -2.58. The average Bonchev–Trinajstić information content (AvgIpc) is 2.88. The smallest absolute Gasteiger partial charge is 0.340 e. The fourth-order valence-corrected chi connectivity index (χ4v) is 3.67. The monoisotopic (exact) mass is 544 g/mol. The van der Waals surface area contributed by atoms with Crippen LogP contribution in [0.5, 0.6) is 23.0 Å². The number of carbonyl (C=O) groups is 3. The lowest BCUT2D eigenvalue weighted by Gasteiger charge is -2.40. The number of carboxylic acids is 1. The first-order chi connectivity index (χ1) is 18.4. The molecule has 1 fully saturated rings. The Morgan fingerprint density at radius 1 is 0.846 bits per heavy atom. The second kappa shape index (κ2) is 12.5. The number of rotatable bonds is 11. The fraction of sp³-hybridized carbons (Fsp3) is 0.296. The van der Waals surface area contributed by atoms with Crippen LogP contribution in [0.15, 0.2) is 48.6 Å². The molecular weight excluding hydrogens is 516 g/mol. The average molecular weight is 545 g/mol. The number of hydrogen-bond acceptors (Lipinski definition) is 11. The summed E-state index contributed by atoms with van der Waals surface area (Å²) in [6, 6.07) is 8.14. The molecular formula is C27H28O12. The molecule has 0 amide bonds. The zero-order valence-electron chi connectivity index (χ0n) is 21.0. The number of phenolic OH excluding ortho intramolecular Hbond substituents is 2. The maximum Gasteiger partial charge on any atom is 0.340 e. The van der Waals surface area contributed by atoms with Gasteiger partial charge in [-0.15, -0.1) is 0 Å². The van der Waals surface area contributed by atoms with Crippen LogP contribution in [-0.4, -0.2) is 67.0 Å². The molecule has 1 aliphatic carbocycles. The van der Waals surface area contributed by atoms with E-state index in [1.807, 2.05) is 0 Å². The second-order valence-corrected chi connectivity index (χ2v) is 8.99. The van der Waals surface area contributed by atoms with Crippen molar-refractivity contribution in [2.75, 3.05) is 0 Å². The number of carbonyl (C=O) groups excluding carboxylic acids is 2. The van der Waals surface area contributed by atoms with Gasteiger partial charge in [0.05, 0.1) is 6.10 Å². The number of aliphatic hydroxyl groups excluding tert-OH is 2. The second-order valence-electron chi connectivity index (χ2n) is 8.99.